The number of guanidine groups is 1. The molecule has 0 aliphatic carbocycles. The van der Waals surface area contributed by atoms with Crippen LogP contribution in [0.1, 0.15) is 70.9 Å². The standard InChI is InChI=1S/C19H36N6/c1-4-20-19(21-13-8-7-10-16(2)3)22-14-12-18-24-23-17-11-6-5-9-15-25(17)18/h16H,4-15H2,1-3H3,(H2,20,21,22). The maximum atomic E-state index is 4.68. The summed E-state index contributed by atoms with van der Waals surface area (Å²) in [6, 6.07) is 0. The number of unbranched alkanes of at least 4 members (excludes halogenated alkanes) is 1. The quantitative estimate of drug-likeness (QED) is 0.409. The second-order valence-corrected chi connectivity index (χ2v) is 7.32. The zero-order valence-corrected chi connectivity index (χ0v) is 16.4. The van der Waals surface area contributed by atoms with Crippen LogP contribution < -0.4 is 10.6 Å². The van der Waals surface area contributed by atoms with E-state index >= 15 is 0 Å². The molecule has 0 atom stereocenters. The lowest BCUT2D eigenvalue weighted by Gasteiger charge is -2.12. The molecular formula is C19H36N6. The van der Waals surface area contributed by atoms with Crippen molar-refractivity contribution in [3.63, 3.8) is 0 Å². The summed E-state index contributed by atoms with van der Waals surface area (Å²) in [5, 5.41) is 15.5. The molecule has 0 saturated carbocycles. The molecule has 0 aromatic carbocycles. The number of aliphatic imine (C=N–C) groups is 1. The summed E-state index contributed by atoms with van der Waals surface area (Å²) >= 11 is 0. The van der Waals surface area contributed by atoms with Gasteiger partial charge >= 0.3 is 0 Å². The molecule has 142 valence electrons. The van der Waals surface area contributed by atoms with Gasteiger partial charge in [-0.3, -0.25) is 4.99 Å². The van der Waals surface area contributed by atoms with E-state index in [2.05, 4.69) is 51.2 Å². The second kappa shape index (κ2) is 11.1. The molecule has 2 rings (SSSR count). The van der Waals surface area contributed by atoms with Crippen molar-refractivity contribution < 1.29 is 0 Å². The predicted octanol–water partition coefficient (Wildman–Crippen LogP) is 2.93. The average Bonchev–Trinajstić information content (AvgIpc) is 2.81. The molecule has 6 heteroatoms. The van der Waals surface area contributed by atoms with Gasteiger partial charge in [-0.05, 0) is 32.1 Å². The molecule has 1 aliphatic heterocycles. The Labute approximate surface area is 152 Å². The maximum absolute atomic E-state index is 4.68. The minimum Gasteiger partial charge on any atom is -0.357 e. The summed E-state index contributed by atoms with van der Waals surface area (Å²) in [5.74, 6) is 3.98. The van der Waals surface area contributed by atoms with Gasteiger partial charge in [-0.15, -0.1) is 10.2 Å². The van der Waals surface area contributed by atoms with Crippen LogP contribution in [0.3, 0.4) is 0 Å². The molecule has 25 heavy (non-hydrogen) atoms. The molecule has 1 aromatic heterocycles. The summed E-state index contributed by atoms with van der Waals surface area (Å²) in [6.45, 7) is 10.4. The molecule has 0 spiro atoms. The first kappa shape index (κ1) is 19.7. The van der Waals surface area contributed by atoms with E-state index in [1.54, 1.807) is 0 Å². The molecule has 0 bridgehead atoms. The molecule has 1 aliphatic rings. The number of hydrogen-bond acceptors (Lipinski definition) is 3. The predicted molar refractivity (Wildman–Crippen MR) is 104 cm³/mol. The Morgan fingerprint density at radius 2 is 2.04 bits per heavy atom. The molecule has 0 saturated heterocycles. The van der Waals surface area contributed by atoms with Crippen molar-refractivity contribution in [1.29, 1.82) is 0 Å². The molecule has 2 N–H and O–H groups in total. The van der Waals surface area contributed by atoms with Crippen LogP contribution in [0, 0.1) is 5.92 Å². The van der Waals surface area contributed by atoms with Crippen molar-refractivity contribution in [3.8, 4) is 0 Å². The number of aromatic nitrogens is 3. The van der Waals surface area contributed by atoms with Crippen LogP contribution in [-0.2, 0) is 19.4 Å². The number of nitrogens with zero attached hydrogens (tertiary/aromatic N) is 4. The SMILES string of the molecule is CCNC(=NCCCCC(C)C)NCCc1nnc2n1CCCCC2. The van der Waals surface area contributed by atoms with Crippen LogP contribution in [0.4, 0.5) is 0 Å². The fourth-order valence-corrected chi connectivity index (χ4v) is 3.22. The molecule has 0 amide bonds. The van der Waals surface area contributed by atoms with Gasteiger partial charge in [0, 0.05) is 39.0 Å². The van der Waals surface area contributed by atoms with E-state index in [4.69, 9.17) is 0 Å². The molecular weight excluding hydrogens is 312 g/mol. The summed E-state index contributed by atoms with van der Waals surface area (Å²) < 4.78 is 2.32. The zero-order chi connectivity index (χ0) is 17.9. The largest absolute Gasteiger partial charge is 0.357 e. The summed E-state index contributed by atoms with van der Waals surface area (Å²) in [6.07, 6.45) is 9.45. The third-order valence-corrected chi connectivity index (χ3v) is 4.63. The Balaban J connectivity index is 1.76. The highest BCUT2D eigenvalue weighted by atomic mass is 15.3. The molecule has 2 heterocycles. The normalized spacial score (nSPS) is 15.1. The van der Waals surface area contributed by atoms with Gasteiger partial charge in [-0.25, -0.2) is 0 Å². The lowest BCUT2D eigenvalue weighted by molar-refractivity contribution is 0.541. The zero-order valence-electron chi connectivity index (χ0n) is 16.4. The first-order valence-electron chi connectivity index (χ1n) is 10.1. The van der Waals surface area contributed by atoms with Gasteiger partial charge in [0.1, 0.15) is 11.6 Å². The van der Waals surface area contributed by atoms with Crippen molar-refractivity contribution in [2.75, 3.05) is 19.6 Å². The van der Waals surface area contributed by atoms with Gasteiger partial charge in [-0.1, -0.05) is 33.1 Å². The Kier molecular flexibility index (Phi) is 8.77. The molecule has 6 nitrogen and oxygen atoms in total. The Bertz CT molecular complexity index is 520. The number of hydrogen-bond donors (Lipinski definition) is 2. The number of rotatable bonds is 9. The summed E-state index contributed by atoms with van der Waals surface area (Å²) in [4.78, 5) is 4.68. The Morgan fingerprint density at radius 1 is 1.16 bits per heavy atom. The van der Waals surface area contributed by atoms with Gasteiger partial charge in [0.05, 0.1) is 0 Å². The van der Waals surface area contributed by atoms with Gasteiger partial charge in [0.25, 0.3) is 0 Å². The molecule has 0 radical (unpaired) electrons. The lowest BCUT2D eigenvalue weighted by Crippen LogP contribution is -2.38. The van der Waals surface area contributed by atoms with E-state index < -0.39 is 0 Å². The fraction of sp³-hybridized carbons (Fsp3) is 0.842. The Hall–Kier alpha value is -1.59. The van der Waals surface area contributed by atoms with Crippen LogP contribution in [0.25, 0.3) is 0 Å². The third kappa shape index (κ3) is 7.04. The molecule has 0 unspecified atom stereocenters. The van der Waals surface area contributed by atoms with E-state index in [1.165, 1.54) is 37.9 Å². The van der Waals surface area contributed by atoms with Crippen molar-refractivity contribution in [3.05, 3.63) is 11.6 Å². The highest BCUT2D eigenvalue weighted by Gasteiger charge is 2.14. The third-order valence-electron chi connectivity index (χ3n) is 4.63. The summed E-state index contributed by atoms with van der Waals surface area (Å²) in [5.41, 5.74) is 0. The van der Waals surface area contributed by atoms with Gasteiger partial charge in [0.2, 0.25) is 0 Å². The van der Waals surface area contributed by atoms with E-state index in [9.17, 15) is 0 Å². The van der Waals surface area contributed by atoms with E-state index in [1.807, 2.05) is 0 Å². The lowest BCUT2D eigenvalue weighted by atomic mass is 10.1. The number of aryl methyl sites for hydroxylation is 1. The topological polar surface area (TPSA) is 67.1 Å². The highest BCUT2D eigenvalue weighted by Crippen LogP contribution is 2.14. The average molecular weight is 349 g/mol. The monoisotopic (exact) mass is 348 g/mol. The minimum atomic E-state index is 0.786. The Morgan fingerprint density at radius 3 is 2.84 bits per heavy atom. The number of fused-ring (bicyclic) bond motifs is 1. The van der Waals surface area contributed by atoms with Crippen LogP contribution in [0.2, 0.25) is 0 Å². The molecule has 0 fully saturated rings. The van der Waals surface area contributed by atoms with Crippen molar-refractivity contribution in [2.24, 2.45) is 10.9 Å². The van der Waals surface area contributed by atoms with Gasteiger partial charge in [0.15, 0.2) is 5.96 Å². The van der Waals surface area contributed by atoms with Crippen molar-refractivity contribution in [2.45, 2.75) is 78.7 Å². The van der Waals surface area contributed by atoms with Crippen LogP contribution in [0.15, 0.2) is 4.99 Å². The van der Waals surface area contributed by atoms with Crippen LogP contribution in [0.5, 0.6) is 0 Å². The minimum absolute atomic E-state index is 0.786. The first-order chi connectivity index (χ1) is 12.2. The van der Waals surface area contributed by atoms with Crippen molar-refractivity contribution in [1.82, 2.24) is 25.4 Å². The fourth-order valence-electron chi connectivity index (χ4n) is 3.22. The second-order valence-electron chi connectivity index (χ2n) is 7.32. The van der Waals surface area contributed by atoms with Gasteiger partial charge < -0.3 is 15.2 Å². The van der Waals surface area contributed by atoms with E-state index in [0.29, 0.717) is 0 Å². The first-order valence-corrected chi connectivity index (χ1v) is 10.1. The van der Waals surface area contributed by atoms with Crippen LogP contribution >= 0.6 is 0 Å². The van der Waals surface area contributed by atoms with E-state index in [-0.39, 0.29) is 0 Å². The molecule has 1 aromatic rings. The highest BCUT2D eigenvalue weighted by molar-refractivity contribution is 5.79. The maximum Gasteiger partial charge on any atom is 0.191 e. The van der Waals surface area contributed by atoms with E-state index in [0.717, 1.165) is 63.1 Å². The van der Waals surface area contributed by atoms with Gasteiger partial charge in [-0.2, -0.15) is 0 Å². The summed E-state index contributed by atoms with van der Waals surface area (Å²) in [7, 11) is 0. The van der Waals surface area contributed by atoms with Crippen molar-refractivity contribution >= 4 is 5.96 Å². The van der Waals surface area contributed by atoms with Crippen LogP contribution in [-0.4, -0.2) is 40.4 Å². The number of nitrogens with one attached hydrogen (secondary N) is 2. The smallest absolute Gasteiger partial charge is 0.191 e.